The predicted octanol–water partition coefficient (Wildman–Crippen LogP) is 2.36. The molecule has 4 nitrogen and oxygen atoms in total. The van der Waals surface area contributed by atoms with E-state index in [1.54, 1.807) is 0 Å². The second-order valence-electron chi connectivity index (χ2n) is 2.59. The second-order valence-corrected chi connectivity index (χ2v) is 10.6. The zero-order chi connectivity index (χ0) is 10.3. The third-order valence-electron chi connectivity index (χ3n) is 1.75. The molecule has 0 bridgehead atoms. The number of fused-ring (bicyclic) bond motifs is 1. The van der Waals surface area contributed by atoms with Crippen LogP contribution < -0.4 is 4.74 Å². The van der Waals surface area contributed by atoms with Gasteiger partial charge in [-0.1, -0.05) is 0 Å². The number of hydrogen-bond acceptors (Lipinski definition) is 5. The van der Waals surface area contributed by atoms with Crippen LogP contribution in [0.4, 0.5) is 0 Å². The van der Waals surface area contributed by atoms with Crippen molar-refractivity contribution in [3.05, 3.63) is 4.88 Å². The molecule has 8 heteroatoms. The topological polar surface area (TPSA) is 59.4 Å². The van der Waals surface area contributed by atoms with E-state index in [4.69, 9.17) is 9.84 Å². The molecule has 1 aliphatic rings. The van der Waals surface area contributed by atoms with Crippen molar-refractivity contribution in [3.63, 3.8) is 0 Å². The molecule has 0 fully saturated rings. The van der Waals surface area contributed by atoms with E-state index in [1.165, 1.54) is 11.3 Å². The van der Waals surface area contributed by atoms with Crippen LogP contribution in [-0.4, -0.2) is 22.7 Å². The normalized spacial score (nSPS) is 19.4. The van der Waals surface area contributed by atoms with Gasteiger partial charge in [-0.2, -0.15) is 0 Å². The minimum absolute atomic E-state index is 0.200. The van der Waals surface area contributed by atoms with E-state index in [1.807, 2.05) is 0 Å². The van der Waals surface area contributed by atoms with E-state index in [0.717, 1.165) is 9.22 Å². The van der Waals surface area contributed by atoms with Crippen LogP contribution in [0.2, 0.25) is 0 Å². The number of ether oxygens (including phenoxy) is 1. The predicted molar refractivity (Wildman–Crippen MR) is 64.6 cm³/mol. The fourth-order valence-corrected chi connectivity index (χ4v) is 4.20. The van der Waals surface area contributed by atoms with Crippen LogP contribution in [0.15, 0.2) is 4.34 Å². The monoisotopic (exact) mass is 360 g/mol. The first-order valence-electron chi connectivity index (χ1n) is 3.55. The van der Waals surface area contributed by atoms with Crippen LogP contribution in [0, 0.1) is 0 Å². The molecule has 14 heavy (non-hydrogen) atoms. The summed E-state index contributed by atoms with van der Waals surface area (Å²) in [5.74, 6) is -0.934. The molecule has 76 valence electrons. The number of nitrogens with zero attached hydrogens (tertiary/aromatic N) is 1. The molecule has 1 unspecified atom stereocenters. The van der Waals surface area contributed by atoms with Crippen LogP contribution in [0.1, 0.15) is 10.8 Å². The molecule has 2 rings (SSSR count). The van der Waals surface area contributed by atoms with Crippen molar-refractivity contribution in [2.45, 2.75) is 10.3 Å². The van der Waals surface area contributed by atoms with Crippen LogP contribution in [0.3, 0.4) is 0 Å². The first-order valence-corrected chi connectivity index (χ1v) is 9.19. The van der Waals surface area contributed by atoms with Crippen LogP contribution in [-0.2, 0) is 11.8 Å². The summed E-state index contributed by atoms with van der Waals surface area (Å²) in [6.45, 7) is 0.200. The third-order valence-corrected chi connectivity index (χ3v) is 6.86. The first-order chi connectivity index (χ1) is 6.59. The standard InChI is InChI=1S/C6H4INO3PS2/c7-14(12)6-8-4-3(13-6)2(1-11-4)5(9)10/h2H,1H2,(H,9,10)/q-1. The van der Waals surface area contributed by atoms with Gasteiger partial charge in [0.1, 0.15) is 0 Å². The second kappa shape index (κ2) is 4.11. The molecule has 0 aliphatic carbocycles. The van der Waals surface area contributed by atoms with Crippen LogP contribution in [0.5, 0.6) is 5.88 Å². The Morgan fingerprint density at radius 2 is 2.57 bits per heavy atom. The average Bonchev–Trinajstić information content (AvgIpc) is 2.58. The Hall–Kier alpha value is 0.410. The maximum absolute atomic E-state index is 10.8. The summed E-state index contributed by atoms with van der Waals surface area (Å²) in [6.07, 6.45) is 0. The molecule has 2 heterocycles. The Balaban J connectivity index is 2.41. The van der Waals surface area contributed by atoms with Gasteiger partial charge in [0.25, 0.3) is 0 Å². The number of aromatic nitrogens is 1. The van der Waals surface area contributed by atoms with Gasteiger partial charge < -0.3 is 0 Å². The van der Waals surface area contributed by atoms with E-state index in [-0.39, 0.29) is 13.6 Å². The number of thiazole rings is 1. The number of carboxylic acids is 1. The SMILES string of the molecule is O=C(O)C1COc2nc([S-](#P)I)sc21. The molecule has 0 radical (unpaired) electrons. The fraction of sp³-hybridized carbons (Fsp3) is 0.333. The quantitative estimate of drug-likeness (QED) is 0.475. The van der Waals surface area contributed by atoms with Gasteiger partial charge in [0, 0.05) is 0 Å². The van der Waals surface area contributed by atoms with Gasteiger partial charge in [-0.25, -0.2) is 0 Å². The Morgan fingerprint density at radius 3 is 3.14 bits per heavy atom. The Kier molecular flexibility index (Phi) is 3.21. The minimum atomic E-state index is -0.855. The van der Waals surface area contributed by atoms with Crippen LogP contribution >= 0.6 is 40.4 Å². The molecule has 0 aromatic carbocycles. The van der Waals surface area contributed by atoms with E-state index < -0.39 is 11.9 Å². The molecule has 1 atom stereocenters. The van der Waals surface area contributed by atoms with Gasteiger partial charge in [0.2, 0.25) is 0 Å². The summed E-state index contributed by atoms with van der Waals surface area (Å²) in [4.78, 5) is 15.7. The molecule has 1 aliphatic heterocycles. The zero-order valence-corrected chi connectivity index (χ0v) is 11.3. The molecule has 0 saturated heterocycles. The number of aliphatic carboxylic acids is 1. The van der Waals surface area contributed by atoms with Gasteiger partial charge in [0.05, 0.1) is 0 Å². The Morgan fingerprint density at radius 1 is 1.86 bits per heavy atom. The Bertz CT molecular complexity index is 465. The van der Waals surface area contributed by atoms with E-state index in [0.29, 0.717) is 5.88 Å². The average molecular weight is 360 g/mol. The molecule has 1 aromatic heterocycles. The van der Waals surface area contributed by atoms with Crippen molar-refractivity contribution in [1.29, 1.82) is 0 Å². The van der Waals surface area contributed by atoms with Crippen molar-refractivity contribution < 1.29 is 14.6 Å². The van der Waals surface area contributed by atoms with Crippen molar-refractivity contribution in [2.24, 2.45) is 0 Å². The van der Waals surface area contributed by atoms with Crippen molar-refractivity contribution in [2.75, 3.05) is 6.61 Å². The summed E-state index contributed by atoms with van der Waals surface area (Å²) in [5.41, 5.74) is 0. The first kappa shape index (κ1) is 10.9. The summed E-state index contributed by atoms with van der Waals surface area (Å²) in [7, 11) is 3.99. The van der Waals surface area contributed by atoms with Gasteiger partial charge in [-0.3, -0.25) is 0 Å². The van der Waals surface area contributed by atoms with E-state index in [9.17, 15) is 4.79 Å². The van der Waals surface area contributed by atoms with Crippen molar-refractivity contribution in [1.82, 2.24) is 4.98 Å². The summed E-state index contributed by atoms with van der Waals surface area (Å²) >= 11 is 3.52. The molecule has 0 amide bonds. The molecule has 0 saturated carbocycles. The van der Waals surface area contributed by atoms with Crippen LogP contribution in [0.25, 0.3) is 0 Å². The summed E-state index contributed by atoms with van der Waals surface area (Å²) < 4.78 is 6.01. The molecule has 1 aromatic rings. The van der Waals surface area contributed by atoms with Gasteiger partial charge in [-0.05, 0) is 0 Å². The number of carboxylic acid groups (broad SMARTS) is 1. The van der Waals surface area contributed by atoms with E-state index >= 15 is 0 Å². The van der Waals surface area contributed by atoms with Gasteiger partial charge in [0.15, 0.2) is 0 Å². The summed E-state index contributed by atoms with van der Waals surface area (Å²) in [5, 5.41) is 8.89. The van der Waals surface area contributed by atoms with E-state index in [2.05, 4.69) is 34.0 Å². The molecule has 0 spiro atoms. The number of halogens is 1. The molecular weight excluding hydrogens is 356 g/mol. The zero-order valence-electron chi connectivity index (χ0n) is 6.64. The Labute approximate surface area is 100 Å². The summed E-state index contributed by atoms with van der Waals surface area (Å²) in [6, 6.07) is 0. The fourth-order valence-electron chi connectivity index (χ4n) is 1.12. The third kappa shape index (κ3) is 1.87. The molecule has 1 N–H and O–H groups in total. The van der Waals surface area contributed by atoms with Gasteiger partial charge in [-0.15, -0.1) is 0 Å². The maximum atomic E-state index is 10.8. The number of rotatable bonds is 1. The number of carbonyl (C=O) groups is 1. The number of hydrogen-bond donors (Lipinski definition) is 1. The molecular formula is C6H4INO3PS2-. The van der Waals surface area contributed by atoms with Crippen molar-refractivity contribution >= 4 is 53.4 Å². The van der Waals surface area contributed by atoms with Crippen molar-refractivity contribution in [3.8, 4) is 5.88 Å². The van der Waals surface area contributed by atoms with Gasteiger partial charge >= 0.3 is 101 Å².